The molecule has 18 heavy (non-hydrogen) atoms. The molecule has 1 aromatic carbocycles. The molecular weight excluding hydrogens is 244 g/mol. The van der Waals surface area contributed by atoms with Crippen molar-refractivity contribution in [2.75, 3.05) is 0 Å². The summed E-state index contributed by atoms with van der Waals surface area (Å²) in [6.07, 6.45) is 1.57. The molecule has 0 saturated heterocycles. The van der Waals surface area contributed by atoms with Crippen LogP contribution in [-0.2, 0) is 0 Å². The Balaban J connectivity index is 2.56. The van der Waals surface area contributed by atoms with Crippen LogP contribution in [0.3, 0.4) is 0 Å². The number of hydrogen-bond acceptors (Lipinski definition) is 3. The molecule has 1 aromatic heterocycles. The van der Waals surface area contributed by atoms with Crippen LogP contribution in [-0.4, -0.2) is 14.3 Å². The van der Waals surface area contributed by atoms with E-state index in [9.17, 15) is 4.79 Å². The second-order valence-electron chi connectivity index (χ2n) is 4.95. The van der Waals surface area contributed by atoms with Crippen LogP contribution in [0.5, 0.6) is 0 Å². The molecule has 0 aliphatic rings. The summed E-state index contributed by atoms with van der Waals surface area (Å²) < 4.78 is 1.66. The molecule has 0 radical (unpaired) electrons. The third-order valence-corrected chi connectivity index (χ3v) is 3.31. The van der Waals surface area contributed by atoms with Crippen molar-refractivity contribution >= 4 is 11.8 Å². The molecular formula is C14H16N2OS. The summed E-state index contributed by atoms with van der Waals surface area (Å²) in [4.78, 5) is 16.4. The van der Waals surface area contributed by atoms with Crippen molar-refractivity contribution in [2.45, 2.75) is 30.7 Å². The highest BCUT2D eigenvalue weighted by Gasteiger charge is 2.17. The van der Waals surface area contributed by atoms with E-state index in [1.807, 2.05) is 30.3 Å². The van der Waals surface area contributed by atoms with Crippen molar-refractivity contribution in [3.63, 3.8) is 0 Å². The summed E-state index contributed by atoms with van der Waals surface area (Å²) >= 11 is 1.59. The topological polar surface area (TPSA) is 34.9 Å². The molecule has 0 N–H and O–H groups in total. The van der Waals surface area contributed by atoms with Gasteiger partial charge in [-0.25, -0.2) is 4.98 Å². The molecule has 0 unspecified atom stereocenters. The van der Waals surface area contributed by atoms with Gasteiger partial charge in [0.1, 0.15) is 0 Å². The van der Waals surface area contributed by atoms with Gasteiger partial charge >= 0.3 is 0 Å². The maximum absolute atomic E-state index is 12.0. The zero-order valence-electron chi connectivity index (χ0n) is 10.8. The second kappa shape index (κ2) is 4.98. The van der Waals surface area contributed by atoms with E-state index in [0.717, 1.165) is 10.8 Å². The summed E-state index contributed by atoms with van der Waals surface area (Å²) in [5.41, 5.74) is 0.797. The molecule has 0 aliphatic heterocycles. The summed E-state index contributed by atoms with van der Waals surface area (Å²) in [7, 11) is 0. The zero-order valence-corrected chi connectivity index (χ0v) is 11.6. The molecule has 94 valence electrons. The highest BCUT2D eigenvalue weighted by molar-refractivity contribution is 8.00. The number of hydrogen-bond donors (Lipinski definition) is 0. The molecule has 0 spiro atoms. The maximum Gasteiger partial charge on any atom is 0.258 e. The lowest BCUT2D eigenvalue weighted by atomic mass is 10.3. The number of rotatable bonds is 2. The van der Waals surface area contributed by atoms with Crippen LogP contribution in [0.25, 0.3) is 5.69 Å². The van der Waals surface area contributed by atoms with Crippen molar-refractivity contribution in [3.05, 3.63) is 52.9 Å². The summed E-state index contributed by atoms with van der Waals surface area (Å²) in [6.45, 7) is 6.31. The fourth-order valence-electron chi connectivity index (χ4n) is 1.55. The van der Waals surface area contributed by atoms with Crippen LogP contribution in [0.4, 0.5) is 0 Å². The van der Waals surface area contributed by atoms with E-state index in [4.69, 9.17) is 0 Å². The van der Waals surface area contributed by atoms with E-state index < -0.39 is 0 Å². The Hall–Kier alpha value is -1.55. The van der Waals surface area contributed by atoms with Gasteiger partial charge in [-0.1, -0.05) is 50.7 Å². The van der Waals surface area contributed by atoms with Gasteiger partial charge in [0, 0.05) is 17.0 Å². The molecule has 3 nitrogen and oxygen atoms in total. The molecule has 2 rings (SSSR count). The van der Waals surface area contributed by atoms with E-state index in [1.165, 1.54) is 6.07 Å². The first-order valence-corrected chi connectivity index (χ1v) is 6.61. The van der Waals surface area contributed by atoms with Gasteiger partial charge in [-0.05, 0) is 12.1 Å². The number of benzene rings is 1. The van der Waals surface area contributed by atoms with Crippen molar-refractivity contribution in [1.29, 1.82) is 0 Å². The van der Waals surface area contributed by atoms with Gasteiger partial charge in [-0.3, -0.25) is 9.36 Å². The minimum atomic E-state index is -0.0528. The van der Waals surface area contributed by atoms with E-state index in [2.05, 4.69) is 25.8 Å². The van der Waals surface area contributed by atoms with Gasteiger partial charge in [0.05, 0.1) is 5.69 Å². The highest BCUT2D eigenvalue weighted by atomic mass is 32.2. The predicted octanol–water partition coefficient (Wildman–Crippen LogP) is 3.12. The summed E-state index contributed by atoms with van der Waals surface area (Å²) in [5.74, 6) is 0. The van der Waals surface area contributed by atoms with Crippen molar-refractivity contribution in [2.24, 2.45) is 0 Å². The quantitative estimate of drug-likeness (QED) is 0.614. The standard InChI is InChI=1S/C14H16N2OS/c1-14(2,3)18-13-15-10-9-12(17)16(13)11-7-5-4-6-8-11/h4-10H,1-3H3. The minimum Gasteiger partial charge on any atom is -0.269 e. The fourth-order valence-corrected chi connectivity index (χ4v) is 2.50. The largest absolute Gasteiger partial charge is 0.269 e. The molecule has 0 fully saturated rings. The smallest absolute Gasteiger partial charge is 0.258 e. The molecule has 0 saturated carbocycles. The zero-order chi connectivity index (χ0) is 13.2. The van der Waals surface area contributed by atoms with Crippen LogP contribution >= 0.6 is 11.8 Å². The lowest BCUT2D eigenvalue weighted by molar-refractivity contribution is 0.755. The van der Waals surface area contributed by atoms with Gasteiger partial charge in [-0.2, -0.15) is 0 Å². The Morgan fingerprint density at radius 1 is 1.11 bits per heavy atom. The van der Waals surface area contributed by atoms with Crippen LogP contribution in [0, 0.1) is 0 Å². The van der Waals surface area contributed by atoms with Gasteiger partial charge in [0.25, 0.3) is 5.56 Å². The SMILES string of the molecule is CC(C)(C)Sc1nccc(=O)n1-c1ccccc1. The fraction of sp³-hybridized carbons (Fsp3) is 0.286. The first kappa shape index (κ1) is 12.9. The number of para-hydroxylation sites is 1. The third kappa shape index (κ3) is 3.01. The van der Waals surface area contributed by atoms with Gasteiger partial charge in [0.2, 0.25) is 0 Å². The highest BCUT2D eigenvalue weighted by Crippen LogP contribution is 2.30. The first-order chi connectivity index (χ1) is 8.47. The lowest BCUT2D eigenvalue weighted by Gasteiger charge is -2.19. The van der Waals surface area contributed by atoms with E-state index in [0.29, 0.717) is 0 Å². The Morgan fingerprint density at radius 3 is 2.39 bits per heavy atom. The average Bonchev–Trinajstić information content (AvgIpc) is 2.28. The summed E-state index contributed by atoms with van der Waals surface area (Å²) in [5, 5.41) is 0.723. The van der Waals surface area contributed by atoms with Crippen molar-refractivity contribution in [3.8, 4) is 5.69 Å². The molecule has 4 heteroatoms. The number of aromatic nitrogens is 2. The minimum absolute atomic E-state index is 0.0112. The van der Waals surface area contributed by atoms with Gasteiger partial charge in [-0.15, -0.1) is 0 Å². The molecule has 0 bridgehead atoms. The van der Waals surface area contributed by atoms with Crippen molar-refractivity contribution in [1.82, 2.24) is 9.55 Å². The molecule has 2 aromatic rings. The van der Waals surface area contributed by atoms with Crippen LogP contribution in [0.2, 0.25) is 0 Å². The van der Waals surface area contributed by atoms with Gasteiger partial charge < -0.3 is 0 Å². The van der Waals surface area contributed by atoms with Gasteiger partial charge in [0.15, 0.2) is 5.16 Å². The van der Waals surface area contributed by atoms with Crippen LogP contribution in [0.1, 0.15) is 20.8 Å². The Bertz CT molecular complexity index is 585. The average molecular weight is 260 g/mol. The monoisotopic (exact) mass is 260 g/mol. The van der Waals surface area contributed by atoms with E-state index >= 15 is 0 Å². The Labute approximate surface area is 111 Å². The Morgan fingerprint density at radius 2 is 1.78 bits per heavy atom. The molecule has 0 aliphatic carbocycles. The van der Waals surface area contributed by atoms with Crippen LogP contribution in [0.15, 0.2) is 52.5 Å². The molecule has 1 heterocycles. The third-order valence-electron chi connectivity index (χ3n) is 2.23. The number of nitrogens with zero attached hydrogens (tertiary/aromatic N) is 2. The first-order valence-electron chi connectivity index (χ1n) is 5.80. The second-order valence-corrected chi connectivity index (χ2v) is 6.75. The Kier molecular flexibility index (Phi) is 3.57. The molecule has 0 amide bonds. The van der Waals surface area contributed by atoms with Crippen LogP contribution < -0.4 is 5.56 Å². The normalized spacial score (nSPS) is 11.5. The van der Waals surface area contributed by atoms with E-state index in [-0.39, 0.29) is 10.3 Å². The van der Waals surface area contributed by atoms with E-state index in [1.54, 1.807) is 22.5 Å². The maximum atomic E-state index is 12.0. The lowest BCUT2D eigenvalue weighted by Crippen LogP contribution is -2.22. The molecule has 0 atom stereocenters. The van der Waals surface area contributed by atoms with Crippen molar-refractivity contribution < 1.29 is 0 Å². The number of thioether (sulfide) groups is 1. The summed E-state index contributed by atoms with van der Waals surface area (Å²) in [6, 6.07) is 11.1. The predicted molar refractivity (Wildman–Crippen MR) is 75.4 cm³/mol.